The van der Waals surface area contributed by atoms with Gasteiger partial charge in [0.05, 0.1) is 12.0 Å². The van der Waals surface area contributed by atoms with Crippen molar-refractivity contribution in [1.82, 2.24) is 0 Å². The highest BCUT2D eigenvalue weighted by Gasteiger charge is 2.35. The Balaban J connectivity index is 1.96. The molecule has 0 heterocycles. The lowest BCUT2D eigenvalue weighted by Gasteiger charge is -2.22. The molecule has 0 aliphatic heterocycles. The summed E-state index contributed by atoms with van der Waals surface area (Å²) < 4.78 is 40.7. The van der Waals surface area contributed by atoms with E-state index in [1.165, 1.54) is 51.2 Å². The van der Waals surface area contributed by atoms with Crippen LogP contribution >= 0.6 is 0 Å². The number of unbranched alkanes of at least 4 members (excludes halogenated alkanes) is 2. The van der Waals surface area contributed by atoms with Crippen LogP contribution in [0, 0.1) is 5.92 Å². The molecule has 1 fully saturated rings. The molecule has 0 saturated heterocycles. The molecule has 1 aromatic carbocycles. The zero-order valence-electron chi connectivity index (χ0n) is 18.1. The second-order valence-corrected chi connectivity index (χ2v) is 8.92. The van der Waals surface area contributed by atoms with E-state index in [1.807, 2.05) is 0 Å². The third kappa shape index (κ3) is 8.16. The Bertz CT molecular complexity index is 757. The van der Waals surface area contributed by atoms with Gasteiger partial charge in [0.15, 0.2) is 0 Å². The predicted octanol–water partition coefficient (Wildman–Crippen LogP) is 5.52. The highest BCUT2D eigenvalue weighted by molar-refractivity contribution is 5.99. The monoisotopic (exact) mass is 442 g/mol. The Hall–Kier alpha value is -2.09. The molecule has 1 atom stereocenters. The fraction of sp³-hybridized carbons (Fsp3) is 0.652. The van der Waals surface area contributed by atoms with E-state index in [4.69, 9.17) is 10.8 Å². The number of nitrogens with two attached hydrogens (primary N) is 1. The maximum absolute atomic E-state index is 13.6. The number of nitrogens with one attached hydrogen (secondary N) is 1. The molecule has 5 nitrogen and oxygen atoms in total. The van der Waals surface area contributed by atoms with Crippen LogP contribution in [-0.2, 0) is 22.2 Å². The number of anilines is 1. The lowest BCUT2D eigenvalue weighted by atomic mass is 9.85. The van der Waals surface area contributed by atoms with Crippen LogP contribution < -0.4 is 11.1 Å². The smallest absolute Gasteiger partial charge is 0.416 e. The quantitative estimate of drug-likeness (QED) is 0.416. The molecule has 31 heavy (non-hydrogen) atoms. The van der Waals surface area contributed by atoms with Gasteiger partial charge in [-0.25, -0.2) is 0 Å². The predicted molar refractivity (Wildman–Crippen MR) is 114 cm³/mol. The molecule has 2 rings (SSSR count). The van der Waals surface area contributed by atoms with Crippen molar-refractivity contribution in [1.29, 1.82) is 0 Å². The number of carboxylic acid groups (broad SMARTS) is 1. The SMILES string of the molecule is C[C@](N)(CC(=O)O)C(=O)Nc1ccc(CCCCCC2CCCCC2)c(C(F)(F)F)c1. The van der Waals surface area contributed by atoms with Gasteiger partial charge in [-0.2, -0.15) is 13.2 Å². The number of hydrogen-bond donors (Lipinski definition) is 3. The minimum atomic E-state index is -4.55. The number of alkyl halides is 3. The molecule has 1 saturated carbocycles. The number of carboxylic acids is 1. The van der Waals surface area contributed by atoms with Crippen LogP contribution in [0.2, 0.25) is 0 Å². The molecule has 0 aromatic heterocycles. The number of benzene rings is 1. The minimum Gasteiger partial charge on any atom is -0.481 e. The minimum absolute atomic E-state index is 0.0552. The fourth-order valence-electron chi connectivity index (χ4n) is 4.21. The van der Waals surface area contributed by atoms with E-state index in [-0.39, 0.29) is 11.3 Å². The van der Waals surface area contributed by atoms with Crippen molar-refractivity contribution >= 4 is 17.6 Å². The molecule has 4 N–H and O–H groups in total. The Morgan fingerprint density at radius 3 is 2.42 bits per heavy atom. The number of carbonyl (C=O) groups excluding carboxylic acids is 1. The Morgan fingerprint density at radius 2 is 1.81 bits per heavy atom. The van der Waals surface area contributed by atoms with E-state index in [0.717, 1.165) is 31.2 Å². The number of carbonyl (C=O) groups is 2. The average molecular weight is 443 g/mol. The van der Waals surface area contributed by atoms with E-state index in [0.29, 0.717) is 12.8 Å². The maximum Gasteiger partial charge on any atom is 0.416 e. The highest BCUT2D eigenvalue weighted by atomic mass is 19.4. The van der Waals surface area contributed by atoms with Crippen molar-refractivity contribution in [2.45, 2.75) is 89.3 Å². The van der Waals surface area contributed by atoms with Gasteiger partial charge < -0.3 is 16.2 Å². The number of hydrogen-bond acceptors (Lipinski definition) is 3. The largest absolute Gasteiger partial charge is 0.481 e. The fourth-order valence-corrected chi connectivity index (χ4v) is 4.21. The summed E-state index contributed by atoms with van der Waals surface area (Å²) in [5, 5.41) is 11.1. The normalized spacial score (nSPS) is 17.2. The second kappa shape index (κ2) is 11.0. The Labute approximate surface area is 181 Å². The molecule has 8 heteroatoms. The number of amides is 1. The van der Waals surface area contributed by atoms with Crippen molar-refractivity contribution in [2.24, 2.45) is 11.7 Å². The van der Waals surface area contributed by atoms with Crippen LogP contribution in [0.15, 0.2) is 18.2 Å². The van der Waals surface area contributed by atoms with Gasteiger partial charge in [-0.1, -0.05) is 57.4 Å². The van der Waals surface area contributed by atoms with E-state index in [9.17, 15) is 22.8 Å². The lowest BCUT2D eigenvalue weighted by molar-refractivity contribution is -0.140. The summed E-state index contributed by atoms with van der Waals surface area (Å²) in [6.07, 6.45) is 5.37. The third-order valence-corrected chi connectivity index (χ3v) is 5.99. The first-order chi connectivity index (χ1) is 14.5. The van der Waals surface area contributed by atoms with Gasteiger partial charge in [-0.05, 0) is 43.4 Å². The second-order valence-electron chi connectivity index (χ2n) is 8.92. The lowest BCUT2D eigenvalue weighted by Crippen LogP contribution is -2.49. The van der Waals surface area contributed by atoms with E-state index < -0.39 is 35.6 Å². The number of aryl methyl sites for hydroxylation is 1. The van der Waals surface area contributed by atoms with Crippen LogP contribution in [0.4, 0.5) is 18.9 Å². The van der Waals surface area contributed by atoms with Crippen LogP contribution in [0.5, 0.6) is 0 Å². The zero-order valence-corrected chi connectivity index (χ0v) is 18.1. The zero-order chi connectivity index (χ0) is 23.1. The van der Waals surface area contributed by atoms with Crippen LogP contribution in [0.1, 0.15) is 82.3 Å². The van der Waals surface area contributed by atoms with Crippen molar-refractivity contribution in [3.05, 3.63) is 29.3 Å². The van der Waals surface area contributed by atoms with Gasteiger partial charge in [0.1, 0.15) is 5.54 Å². The van der Waals surface area contributed by atoms with E-state index in [2.05, 4.69) is 5.32 Å². The molecular weight excluding hydrogens is 409 g/mol. The first-order valence-electron chi connectivity index (χ1n) is 11.0. The van der Waals surface area contributed by atoms with Gasteiger partial charge in [0.25, 0.3) is 0 Å². The molecule has 0 bridgehead atoms. The number of aliphatic carboxylic acids is 1. The summed E-state index contributed by atoms with van der Waals surface area (Å²) in [6, 6.07) is 3.68. The van der Waals surface area contributed by atoms with Gasteiger partial charge in [-0.3, -0.25) is 9.59 Å². The van der Waals surface area contributed by atoms with Crippen LogP contribution in [-0.4, -0.2) is 22.5 Å². The summed E-state index contributed by atoms with van der Waals surface area (Å²) in [5.74, 6) is -1.34. The van der Waals surface area contributed by atoms with Gasteiger partial charge in [0, 0.05) is 5.69 Å². The average Bonchev–Trinajstić information content (AvgIpc) is 2.67. The van der Waals surface area contributed by atoms with Crippen LogP contribution in [0.3, 0.4) is 0 Å². The summed E-state index contributed by atoms with van der Waals surface area (Å²) in [7, 11) is 0. The molecule has 0 radical (unpaired) electrons. The Morgan fingerprint density at radius 1 is 1.13 bits per heavy atom. The first-order valence-corrected chi connectivity index (χ1v) is 11.0. The Kier molecular flexibility index (Phi) is 8.91. The summed E-state index contributed by atoms with van der Waals surface area (Å²) in [5.41, 5.74) is 3.32. The van der Waals surface area contributed by atoms with E-state index in [1.54, 1.807) is 0 Å². The molecule has 1 aromatic rings. The van der Waals surface area contributed by atoms with Gasteiger partial charge in [0.2, 0.25) is 5.91 Å². The summed E-state index contributed by atoms with van der Waals surface area (Å²) in [4.78, 5) is 23.0. The third-order valence-electron chi connectivity index (χ3n) is 5.99. The summed E-state index contributed by atoms with van der Waals surface area (Å²) in [6.45, 7) is 1.23. The molecule has 0 spiro atoms. The van der Waals surface area contributed by atoms with E-state index >= 15 is 0 Å². The van der Waals surface area contributed by atoms with Crippen molar-refractivity contribution in [3.63, 3.8) is 0 Å². The number of rotatable bonds is 10. The summed E-state index contributed by atoms with van der Waals surface area (Å²) >= 11 is 0. The molecular formula is C23H33F3N2O3. The number of halogens is 3. The maximum atomic E-state index is 13.6. The van der Waals surface area contributed by atoms with Crippen molar-refractivity contribution < 1.29 is 27.9 Å². The molecule has 1 aliphatic carbocycles. The topological polar surface area (TPSA) is 92.4 Å². The molecule has 1 amide bonds. The standard InChI is InChI=1S/C23H33F3N2O3/c1-22(27,15-20(29)30)21(31)28-18-13-12-17(19(14-18)23(24,25)26)11-7-3-6-10-16-8-4-2-5-9-16/h12-14,16H,2-11,15,27H2,1H3,(H,28,31)(H,29,30)/t22-/m0/s1. The van der Waals surface area contributed by atoms with Gasteiger partial charge >= 0.3 is 12.1 Å². The first kappa shape index (κ1) is 25.2. The molecule has 0 unspecified atom stereocenters. The van der Waals surface area contributed by atoms with Gasteiger partial charge in [-0.15, -0.1) is 0 Å². The highest BCUT2D eigenvalue weighted by Crippen LogP contribution is 2.35. The van der Waals surface area contributed by atoms with Crippen molar-refractivity contribution in [2.75, 3.05) is 5.32 Å². The molecule has 1 aliphatic rings. The van der Waals surface area contributed by atoms with Crippen molar-refractivity contribution in [3.8, 4) is 0 Å². The van der Waals surface area contributed by atoms with Crippen LogP contribution in [0.25, 0.3) is 0 Å². The molecule has 174 valence electrons.